The fourth-order valence-electron chi connectivity index (χ4n) is 3.13. The summed E-state index contributed by atoms with van der Waals surface area (Å²) in [5.74, 6) is 0.439. The largest absolute Gasteiger partial charge is 0.497 e. The van der Waals surface area contributed by atoms with Gasteiger partial charge in [-0.3, -0.25) is 4.79 Å². The topological polar surface area (TPSA) is 75.7 Å². The lowest BCUT2D eigenvalue weighted by molar-refractivity contribution is 0.0939. The number of carbonyl (C=O) groups is 1. The smallest absolute Gasteiger partial charge is 0.251 e. The molecule has 1 fully saturated rings. The molecule has 1 aliphatic rings. The zero-order chi connectivity index (χ0) is 19.4. The lowest BCUT2D eigenvalue weighted by Crippen LogP contribution is -2.29. The molecule has 27 heavy (non-hydrogen) atoms. The third kappa shape index (κ3) is 4.31. The Hall–Kier alpha value is -2.38. The maximum atomic E-state index is 12.7. The highest BCUT2D eigenvalue weighted by molar-refractivity contribution is 7.89. The van der Waals surface area contributed by atoms with Gasteiger partial charge in [-0.2, -0.15) is 4.31 Å². The van der Waals surface area contributed by atoms with Crippen LogP contribution in [0, 0.1) is 0 Å². The molecule has 1 amide bonds. The second-order valence-electron chi connectivity index (χ2n) is 6.61. The zero-order valence-corrected chi connectivity index (χ0v) is 16.3. The predicted octanol–water partition coefficient (Wildman–Crippen LogP) is 2.97. The summed E-state index contributed by atoms with van der Waals surface area (Å²) in [5, 5.41) is 2.91. The first-order valence-electron chi connectivity index (χ1n) is 8.97. The van der Waals surface area contributed by atoms with Crippen molar-refractivity contribution in [3.8, 4) is 5.75 Å². The van der Waals surface area contributed by atoms with Crippen LogP contribution in [-0.2, 0) is 10.0 Å². The molecule has 6 nitrogen and oxygen atoms in total. The average molecular weight is 388 g/mol. The highest BCUT2D eigenvalue weighted by Crippen LogP contribution is 2.22. The van der Waals surface area contributed by atoms with Gasteiger partial charge in [-0.15, -0.1) is 0 Å². The van der Waals surface area contributed by atoms with Gasteiger partial charge >= 0.3 is 0 Å². The minimum absolute atomic E-state index is 0.161. The van der Waals surface area contributed by atoms with Crippen molar-refractivity contribution in [3.63, 3.8) is 0 Å². The zero-order valence-electron chi connectivity index (χ0n) is 15.5. The van der Waals surface area contributed by atoms with E-state index in [9.17, 15) is 13.2 Å². The number of hydrogen-bond acceptors (Lipinski definition) is 4. The lowest BCUT2D eigenvalue weighted by Gasteiger charge is -2.17. The Labute approximate surface area is 160 Å². The second kappa shape index (κ2) is 8.10. The first kappa shape index (κ1) is 19.4. The van der Waals surface area contributed by atoms with Gasteiger partial charge in [0.05, 0.1) is 18.0 Å². The van der Waals surface area contributed by atoms with Crippen LogP contribution in [0.1, 0.15) is 41.7 Å². The summed E-state index contributed by atoms with van der Waals surface area (Å²) in [6.07, 6.45) is 1.75. The van der Waals surface area contributed by atoms with E-state index in [1.165, 1.54) is 16.4 Å². The Kier molecular flexibility index (Phi) is 5.82. The molecule has 0 aromatic heterocycles. The number of ether oxygens (including phenoxy) is 1. The molecule has 2 aromatic rings. The van der Waals surface area contributed by atoms with Gasteiger partial charge in [0.15, 0.2) is 0 Å². The fraction of sp³-hybridized carbons (Fsp3) is 0.350. The number of carbonyl (C=O) groups excluding carboxylic acids is 1. The van der Waals surface area contributed by atoms with E-state index >= 15 is 0 Å². The standard InChI is InChI=1S/C20H24N2O4S/c1-15(16-8-10-18(26-2)11-9-16)21-20(23)17-6-5-7-19(14-17)27(24,25)22-12-3-4-13-22/h5-11,14-15H,3-4,12-13H2,1-2H3,(H,21,23). The van der Waals surface area contributed by atoms with E-state index in [2.05, 4.69) is 5.32 Å². The van der Waals surface area contributed by atoms with Gasteiger partial charge in [0, 0.05) is 18.7 Å². The summed E-state index contributed by atoms with van der Waals surface area (Å²) in [4.78, 5) is 12.8. The molecule has 0 radical (unpaired) electrons. The minimum Gasteiger partial charge on any atom is -0.497 e. The third-order valence-electron chi connectivity index (χ3n) is 4.76. The Morgan fingerprint density at radius 1 is 1.11 bits per heavy atom. The fourth-order valence-corrected chi connectivity index (χ4v) is 4.69. The second-order valence-corrected chi connectivity index (χ2v) is 8.55. The van der Waals surface area contributed by atoms with Crippen molar-refractivity contribution in [2.75, 3.05) is 20.2 Å². The summed E-state index contributed by atoms with van der Waals surface area (Å²) >= 11 is 0. The van der Waals surface area contributed by atoms with Gasteiger partial charge in [-0.25, -0.2) is 8.42 Å². The molecule has 1 atom stereocenters. The highest BCUT2D eigenvalue weighted by atomic mass is 32.2. The van der Waals surface area contributed by atoms with E-state index in [1.54, 1.807) is 19.2 Å². The molecule has 0 aliphatic carbocycles. The molecule has 1 N–H and O–H groups in total. The molecule has 1 aliphatic heterocycles. The van der Waals surface area contributed by atoms with Crippen molar-refractivity contribution in [2.45, 2.75) is 30.7 Å². The van der Waals surface area contributed by atoms with Crippen LogP contribution in [0.25, 0.3) is 0 Å². The van der Waals surface area contributed by atoms with Crippen LogP contribution >= 0.6 is 0 Å². The van der Waals surface area contributed by atoms with Crippen LogP contribution in [0.15, 0.2) is 53.4 Å². The van der Waals surface area contributed by atoms with Crippen molar-refractivity contribution in [3.05, 3.63) is 59.7 Å². The maximum Gasteiger partial charge on any atom is 0.251 e. The predicted molar refractivity (Wildman–Crippen MR) is 103 cm³/mol. The summed E-state index contributed by atoms with van der Waals surface area (Å²) in [6.45, 7) is 2.95. The summed E-state index contributed by atoms with van der Waals surface area (Å²) in [5.41, 5.74) is 1.26. The molecule has 3 rings (SSSR count). The normalized spacial score (nSPS) is 16.1. The first-order valence-corrected chi connectivity index (χ1v) is 10.4. The molecule has 2 aromatic carbocycles. The monoisotopic (exact) mass is 388 g/mol. The molecular weight excluding hydrogens is 364 g/mol. The van der Waals surface area contributed by atoms with Crippen LogP contribution in [0.4, 0.5) is 0 Å². The number of nitrogens with one attached hydrogen (secondary N) is 1. The maximum absolute atomic E-state index is 12.7. The molecule has 1 saturated heterocycles. The van der Waals surface area contributed by atoms with Gasteiger partial charge in [-0.05, 0) is 55.7 Å². The van der Waals surface area contributed by atoms with Crippen LogP contribution in [0.5, 0.6) is 5.75 Å². The molecular formula is C20H24N2O4S. The van der Waals surface area contributed by atoms with E-state index < -0.39 is 10.0 Å². The SMILES string of the molecule is COc1ccc(C(C)NC(=O)c2cccc(S(=O)(=O)N3CCCC3)c2)cc1. The highest BCUT2D eigenvalue weighted by Gasteiger charge is 2.27. The molecule has 0 spiro atoms. The van der Waals surface area contributed by atoms with Crippen molar-refractivity contribution in [2.24, 2.45) is 0 Å². The molecule has 7 heteroatoms. The Morgan fingerprint density at radius 2 is 1.78 bits per heavy atom. The molecule has 1 unspecified atom stereocenters. The minimum atomic E-state index is -3.54. The van der Waals surface area contributed by atoms with Gasteiger partial charge in [0.1, 0.15) is 5.75 Å². The molecule has 1 heterocycles. The average Bonchev–Trinajstić information content (AvgIpc) is 3.24. The van der Waals surface area contributed by atoms with Crippen molar-refractivity contribution >= 4 is 15.9 Å². The number of rotatable bonds is 6. The molecule has 0 saturated carbocycles. The number of sulfonamides is 1. The Balaban J connectivity index is 1.74. The van der Waals surface area contributed by atoms with Crippen molar-refractivity contribution in [1.29, 1.82) is 0 Å². The number of benzene rings is 2. The van der Waals surface area contributed by atoms with E-state index in [0.717, 1.165) is 24.2 Å². The Morgan fingerprint density at radius 3 is 2.41 bits per heavy atom. The van der Waals surface area contributed by atoms with Crippen LogP contribution in [-0.4, -0.2) is 38.8 Å². The van der Waals surface area contributed by atoms with E-state index in [-0.39, 0.29) is 16.8 Å². The molecule has 0 bridgehead atoms. The number of nitrogens with zero attached hydrogens (tertiary/aromatic N) is 1. The van der Waals surface area contributed by atoms with Gasteiger partial charge < -0.3 is 10.1 Å². The van der Waals surface area contributed by atoms with E-state index in [1.807, 2.05) is 31.2 Å². The summed E-state index contributed by atoms with van der Waals surface area (Å²) < 4.78 is 32.0. The van der Waals surface area contributed by atoms with Gasteiger partial charge in [0.25, 0.3) is 5.91 Å². The van der Waals surface area contributed by atoms with Crippen LogP contribution in [0.3, 0.4) is 0 Å². The first-order chi connectivity index (χ1) is 12.9. The third-order valence-corrected chi connectivity index (χ3v) is 6.66. The number of hydrogen-bond donors (Lipinski definition) is 1. The Bertz CT molecular complexity index is 904. The molecule has 144 valence electrons. The van der Waals surface area contributed by atoms with Gasteiger partial charge in [-0.1, -0.05) is 18.2 Å². The van der Waals surface area contributed by atoms with Crippen molar-refractivity contribution in [1.82, 2.24) is 9.62 Å². The lowest BCUT2D eigenvalue weighted by atomic mass is 10.1. The van der Waals surface area contributed by atoms with Gasteiger partial charge in [0.2, 0.25) is 10.0 Å². The number of amides is 1. The van der Waals surface area contributed by atoms with Crippen LogP contribution in [0.2, 0.25) is 0 Å². The van der Waals surface area contributed by atoms with E-state index in [4.69, 9.17) is 4.74 Å². The van der Waals surface area contributed by atoms with Crippen molar-refractivity contribution < 1.29 is 17.9 Å². The summed E-state index contributed by atoms with van der Waals surface area (Å²) in [6, 6.07) is 13.4. The van der Waals surface area contributed by atoms with E-state index in [0.29, 0.717) is 18.7 Å². The quantitative estimate of drug-likeness (QED) is 0.825. The summed E-state index contributed by atoms with van der Waals surface area (Å²) in [7, 11) is -1.94. The van der Waals surface area contributed by atoms with Crippen LogP contribution < -0.4 is 10.1 Å². The number of methoxy groups -OCH3 is 1.